The Morgan fingerprint density at radius 2 is 2.10 bits per heavy atom. The minimum Gasteiger partial charge on any atom is -0.772 e. The molecule has 0 aromatic heterocycles. The van der Waals surface area contributed by atoms with Gasteiger partial charge < -0.3 is 4.55 Å². The average Bonchev–Trinajstić information content (AvgIpc) is 2.10. The molecule has 0 spiro atoms. The van der Waals surface area contributed by atoms with Gasteiger partial charge in [0.1, 0.15) is 4.33 Å². The smallest absolute Gasteiger partial charge is 0.772 e. The first-order valence-corrected chi connectivity index (χ1v) is 4.46. The molecule has 1 fully saturated rings. The van der Waals surface area contributed by atoms with Crippen LogP contribution >= 0.6 is 23.2 Å². The van der Waals surface area contributed by atoms with E-state index in [1.165, 1.54) is 0 Å². The van der Waals surface area contributed by atoms with Gasteiger partial charge in [0.15, 0.2) is 0 Å². The quantitative estimate of drug-likeness (QED) is 0.303. The topological polar surface area (TPSA) is 40.1 Å². The largest absolute Gasteiger partial charge is 1.00 e. The number of hydrogen-bond donors (Lipinski definition) is 0. The van der Waals surface area contributed by atoms with Crippen LogP contribution in [0.3, 0.4) is 0 Å². The van der Waals surface area contributed by atoms with Crippen molar-refractivity contribution in [2.75, 3.05) is 5.75 Å². The third-order valence-corrected chi connectivity index (χ3v) is 2.89. The van der Waals surface area contributed by atoms with E-state index < -0.39 is 15.4 Å². The Morgan fingerprint density at radius 1 is 1.70 bits per heavy atom. The molecule has 10 heavy (non-hydrogen) atoms. The van der Waals surface area contributed by atoms with Gasteiger partial charge in [-0.3, -0.25) is 4.21 Å². The van der Waals surface area contributed by atoms with Crippen molar-refractivity contribution in [1.29, 1.82) is 0 Å². The summed E-state index contributed by atoms with van der Waals surface area (Å²) in [5.74, 6) is 0.0478. The van der Waals surface area contributed by atoms with E-state index in [1.807, 2.05) is 0 Å². The molecule has 1 saturated carbocycles. The number of halogens is 2. The fourth-order valence-electron chi connectivity index (χ4n) is 0.615. The normalized spacial score (nSPS) is 30.5. The minimum atomic E-state index is -2.00. The molecule has 0 aromatic rings. The summed E-state index contributed by atoms with van der Waals surface area (Å²) in [4.78, 5) is 0. The first-order chi connectivity index (χ1) is 4.02. The van der Waals surface area contributed by atoms with Gasteiger partial charge in [-0.05, 0) is 6.42 Å². The Hall–Kier alpha value is 1.69. The van der Waals surface area contributed by atoms with Crippen molar-refractivity contribution in [1.82, 2.24) is 0 Å². The fourth-order valence-corrected chi connectivity index (χ4v) is 2.06. The van der Waals surface area contributed by atoms with Gasteiger partial charge >= 0.3 is 29.6 Å². The number of alkyl halides is 2. The second-order valence-electron chi connectivity index (χ2n) is 2.13. The van der Waals surface area contributed by atoms with Crippen molar-refractivity contribution >= 4 is 34.3 Å². The van der Waals surface area contributed by atoms with Crippen molar-refractivity contribution in [3.8, 4) is 0 Å². The van der Waals surface area contributed by atoms with E-state index in [1.54, 1.807) is 0 Å². The van der Waals surface area contributed by atoms with Crippen LogP contribution in [0.15, 0.2) is 0 Å². The molecule has 1 rings (SSSR count). The summed E-state index contributed by atoms with van der Waals surface area (Å²) in [5, 5.41) is 0. The van der Waals surface area contributed by atoms with Crippen LogP contribution in [0, 0.1) is 5.92 Å². The van der Waals surface area contributed by atoms with Gasteiger partial charge in [-0.25, -0.2) is 0 Å². The van der Waals surface area contributed by atoms with E-state index in [0.717, 1.165) is 0 Å². The van der Waals surface area contributed by atoms with Gasteiger partial charge in [0, 0.05) is 11.7 Å². The Bertz CT molecular complexity index is 152. The van der Waals surface area contributed by atoms with E-state index in [9.17, 15) is 8.76 Å². The van der Waals surface area contributed by atoms with Crippen LogP contribution in [0.5, 0.6) is 0 Å². The second-order valence-corrected chi connectivity index (χ2v) is 4.62. The Kier molecular flexibility index (Phi) is 4.77. The third-order valence-electron chi connectivity index (χ3n) is 1.29. The molecular formula is C4H5Cl2NaO2S. The molecule has 0 saturated heterocycles. The molecule has 0 bridgehead atoms. The van der Waals surface area contributed by atoms with Crippen molar-refractivity contribution in [3.05, 3.63) is 0 Å². The third kappa shape index (κ3) is 3.39. The summed E-state index contributed by atoms with van der Waals surface area (Å²) in [6, 6.07) is 0. The molecule has 0 aromatic carbocycles. The Morgan fingerprint density at radius 3 is 2.20 bits per heavy atom. The van der Waals surface area contributed by atoms with Gasteiger partial charge in [-0.15, -0.1) is 23.2 Å². The molecule has 2 unspecified atom stereocenters. The van der Waals surface area contributed by atoms with E-state index >= 15 is 0 Å². The van der Waals surface area contributed by atoms with Crippen molar-refractivity contribution in [2.45, 2.75) is 10.8 Å². The first kappa shape index (κ1) is 11.7. The molecule has 1 aliphatic rings. The van der Waals surface area contributed by atoms with Crippen LogP contribution in [-0.4, -0.2) is 18.8 Å². The van der Waals surface area contributed by atoms with Crippen LogP contribution < -0.4 is 29.6 Å². The zero-order valence-corrected chi connectivity index (χ0v) is 9.80. The molecule has 2 atom stereocenters. The van der Waals surface area contributed by atoms with Crippen LogP contribution in [0.4, 0.5) is 0 Å². The van der Waals surface area contributed by atoms with E-state index in [4.69, 9.17) is 23.2 Å². The summed E-state index contributed by atoms with van der Waals surface area (Å²) >= 11 is 9.09. The molecule has 0 radical (unpaired) electrons. The van der Waals surface area contributed by atoms with Gasteiger partial charge in [-0.2, -0.15) is 0 Å². The summed E-state index contributed by atoms with van der Waals surface area (Å²) in [5.41, 5.74) is 0. The Balaban J connectivity index is 0.000000810. The van der Waals surface area contributed by atoms with Gasteiger partial charge in [-0.1, -0.05) is 11.1 Å². The number of hydrogen-bond acceptors (Lipinski definition) is 2. The van der Waals surface area contributed by atoms with E-state index in [2.05, 4.69) is 0 Å². The molecular weight excluding hydrogens is 206 g/mol. The zero-order chi connectivity index (χ0) is 7.07. The molecule has 0 N–H and O–H groups in total. The molecule has 0 amide bonds. The van der Waals surface area contributed by atoms with E-state index in [0.29, 0.717) is 6.42 Å². The molecule has 0 heterocycles. The van der Waals surface area contributed by atoms with Crippen molar-refractivity contribution in [2.24, 2.45) is 5.92 Å². The monoisotopic (exact) mass is 210 g/mol. The van der Waals surface area contributed by atoms with Crippen molar-refractivity contribution in [3.63, 3.8) is 0 Å². The fraction of sp³-hybridized carbons (Fsp3) is 1.00. The van der Waals surface area contributed by atoms with Crippen LogP contribution in [0.2, 0.25) is 0 Å². The summed E-state index contributed by atoms with van der Waals surface area (Å²) in [6.45, 7) is 0. The van der Waals surface area contributed by atoms with Gasteiger partial charge in [0.2, 0.25) is 0 Å². The van der Waals surface area contributed by atoms with Crippen LogP contribution in [0.25, 0.3) is 0 Å². The summed E-state index contributed by atoms with van der Waals surface area (Å²) < 4.78 is 19.3. The van der Waals surface area contributed by atoms with Crippen molar-refractivity contribution < 1.29 is 38.3 Å². The molecule has 6 heteroatoms. The molecule has 1 aliphatic carbocycles. The second kappa shape index (κ2) is 4.08. The predicted molar refractivity (Wildman–Crippen MR) is 36.3 cm³/mol. The summed E-state index contributed by atoms with van der Waals surface area (Å²) in [6.07, 6.45) is 0.601. The van der Waals surface area contributed by atoms with Crippen LogP contribution in [0.1, 0.15) is 6.42 Å². The first-order valence-electron chi connectivity index (χ1n) is 2.46. The maximum absolute atomic E-state index is 10.0. The minimum absolute atomic E-state index is 0. The molecule has 54 valence electrons. The maximum Gasteiger partial charge on any atom is 1.00 e. The summed E-state index contributed by atoms with van der Waals surface area (Å²) in [7, 11) is 0. The Labute approximate surface area is 94.2 Å². The van der Waals surface area contributed by atoms with Crippen LogP contribution in [-0.2, 0) is 11.1 Å². The zero-order valence-electron chi connectivity index (χ0n) is 5.47. The predicted octanol–water partition coefficient (Wildman–Crippen LogP) is -1.94. The average molecular weight is 211 g/mol. The molecule has 0 aliphatic heterocycles. The van der Waals surface area contributed by atoms with Gasteiger partial charge in [0.25, 0.3) is 0 Å². The molecule has 2 nitrogen and oxygen atoms in total. The van der Waals surface area contributed by atoms with E-state index in [-0.39, 0.29) is 41.2 Å². The number of rotatable bonds is 2. The SMILES string of the molecule is O=S([O-])CC1CC1(Cl)Cl.[Na+]. The maximum atomic E-state index is 10.0. The van der Waals surface area contributed by atoms with Gasteiger partial charge in [0.05, 0.1) is 0 Å². The standard InChI is InChI=1S/C4H6Cl2O2S.Na/c5-4(6)1-3(4)2-9(7)8;/h3H,1-2H2,(H,7,8);/q;+1/p-1.